The van der Waals surface area contributed by atoms with Gasteiger partial charge in [-0.2, -0.15) is 22.0 Å². The largest absolute Gasteiger partial charge is 0.429 e. The molecular weight excluding hydrogens is 497 g/mol. The summed E-state index contributed by atoms with van der Waals surface area (Å²) in [5, 5.41) is 0. The highest BCUT2D eigenvalue weighted by Gasteiger charge is 2.40. The zero-order chi connectivity index (χ0) is 26.8. The van der Waals surface area contributed by atoms with Crippen molar-refractivity contribution in [1.82, 2.24) is 0 Å². The van der Waals surface area contributed by atoms with E-state index in [4.69, 9.17) is 0 Å². The maximum absolute atomic E-state index is 14.7. The van der Waals surface area contributed by atoms with Crippen LogP contribution in [0.15, 0.2) is 36.4 Å². The standard InChI is InChI=1S/C29H33F7O/c1-2-3-18-4-6-19(7-5-18)20-8-10-21(11-9-20)22-12-14-23(15-13-22)29(35,36)37-24-16-25(30)27(26(31)17-24)28(32,33)34/h12-21H,2-11H2,1H3/t18-,19-,20?,21?. The number of rotatable bonds is 7. The van der Waals surface area contributed by atoms with E-state index in [1.165, 1.54) is 50.7 Å². The molecule has 0 atom stereocenters. The van der Waals surface area contributed by atoms with Crippen LogP contribution in [0, 0.1) is 29.4 Å². The van der Waals surface area contributed by atoms with Crippen LogP contribution >= 0.6 is 0 Å². The lowest BCUT2D eigenvalue weighted by Gasteiger charge is -2.38. The van der Waals surface area contributed by atoms with Crippen LogP contribution < -0.4 is 4.74 Å². The summed E-state index contributed by atoms with van der Waals surface area (Å²) in [6, 6.07) is 5.86. The van der Waals surface area contributed by atoms with Crippen LogP contribution in [0.25, 0.3) is 0 Å². The molecule has 37 heavy (non-hydrogen) atoms. The molecule has 0 radical (unpaired) electrons. The summed E-state index contributed by atoms with van der Waals surface area (Å²) >= 11 is 0. The van der Waals surface area contributed by atoms with Crippen molar-refractivity contribution in [2.45, 2.75) is 89.3 Å². The van der Waals surface area contributed by atoms with Gasteiger partial charge in [0.2, 0.25) is 0 Å². The van der Waals surface area contributed by atoms with Crippen molar-refractivity contribution >= 4 is 0 Å². The maximum atomic E-state index is 14.7. The Kier molecular flexibility index (Phi) is 8.44. The van der Waals surface area contributed by atoms with Gasteiger partial charge in [0, 0.05) is 12.1 Å². The monoisotopic (exact) mass is 530 g/mol. The first-order valence-electron chi connectivity index (χ1n) is 13.2. The minimum absolute atomic E-state index is 0.114. The zero-order valence-electron chi connectivity index (χ0n) is 20.9. The smallest absolute Gasteiger partial charge is 0.426 e. The molecule has 2 aromatic carbocycles. The molecule has 0 saturated heterocycles. The second kappa shape index (κ2) is 11.2. The SMILES string of the molecule is CCC[C@H]1CC[C@H](C2CCC(c3ccc(C(F)(F)Oc4cc(F)c(C(F)(F)F)c(F)c4)cc3)CC2)CC1. The van der Waals surface area contributed by atoms with Crippen molar-refractivity contribution in [2.24, 2.45) is 17.8 Å². The Morgan fingerprint density at radius 3 is 1.76 bits per heavy atom. The fraction of sp³-hybridized carbons (Fsp3) is 0.586. The Labute approximate surface area is 213 Å². The molecule has 0 heterocycles. The van der Waals surface area contributed by atoms with Gasteiger partial charge >= 0.3 is 12.3 Å². The first-order valence-corrected chi connectivity index (χ1v) is 13.2. The van der Waals surface area contributed by atoms with Gasteiger partial charge in [0.25, 0.3) is 0 Å². The summed E-state index contributed by atoms with van der Waals surface area (Å²) in [6.45, 7) is 2.25. The van der Waals surface area contributed by atoms with Crippen LogP contribution in [0.4, 0.5) is 30.7 Å². The topological polar surface area (TPSA) is 9.23 Å². The number of alkyl halides is 5. The van der Waals surface area contributed by atoms with E-state index in [-0.39, 0.29) is 18.1 Å². The van der Waals surface area contributed by atoms with Crippen LogP contribution in [0.5, 0.6) is 5.75 Å². The van der Waals surface area contributed by atoms with Crippen molar-refractivity contribution in [1.29, 1.82) is 0 Å². The number of benzene rings is 2. The third-order valence-electron chi connectivity index (χ3n) is 8.29. The normalized spacial score (nSPS) is 25.2. The van der Waals surface area contributed by atoms with Crippen LogP contribution in [-0.2, 0) is 12.3 Å². The highest BCUT2D eigenvalue weighted by Crippen LogP contribution is 2.45. The van der Waals surface area contributed by atoms with Gasteiger partial charge in [-0.15, -0.1) is 0 Å². The first-order chi connectivity index (χ1) is 17.5. The Bertz CT molecular complexity index is 1010. The lowest BCUT2D eigenvalue weighted by Crippen LogP contribution is -2.25. The molecular formula is C29H33F7O. The van der Waals surface area contributed by atoms with Gasteiger partial charge in [-0.25, -0.2) is 8.78 Å². The van der Waals surface area contributed by atoms with Crippen molar-refractivity contribution in [2.75, 3.05) is 0 Å². The van der Waals surface area contributed by atoms with Gasteiger partial charge in [0.15, 0.2) is 0 Å². The van der Waals surface area contributed by atoms with E-state index in [1.807, 2.05) is 0 Å². The van der Waals surface area contributed by atoms with E-state index >= 15 is 0 Å². The molecule has 0 unspecified atom stereocenters. The first kappa shape index (κ1) is 27.8. The lowest BCUT2D eigenvalue weighted by molar-refractivity contribution is -0.185. The molecule has 0 amide bonds. The molecule has 204 valence electrons. The van der Waals surface area contributed by atoms with Crippen LogP contribution in [-0.4, -0.2) is 0 Å². The Hall–Kier alpha value is -2.25. The molecule has 0 aromatic heterocycles. The molecule has 0 aliphatic heterocycles. The quantitative estimate of drug-likeness (QED) is 0.324. The molecule has 0 N–H and O–H groups in total. The molecule has 4 rings (SSSR count). The highest BCUT2D eigenvalue weighted by molar-refractivity contribution is 5.34. The highest BCUT2D eigenvalue weighted by atomic mass is 19.4. The Balaban J connectivity index is 1.34. The van der Waals surface area contributed by atoms with Gasteiger partial charge in [-0.3, -0.25) is 0 Å². The summed E-state index contributed by atoms with van der Waals surface area (Å²) in [6.07, 6.45) is 2.91. The van der Waals surface area contributed by atoms with E-state index in [0.29, 0.717) is 0 Å². The average Bonchev–Trinajstić information content (AvgIpc) is 2.83. The van der Waals surface area contributed by atoms with Gasteiger partial charge in [0.05, 0.1) is 5.56 Å². The second-order valence-corrected chi connectivity index (χ2v) is 10.7. The Morgan fingerprint density at radius 2 is 1.27 bits per heavy atom. The lowest BCUT2D eigenvalue weighted by atomic mass is 9.68. The maximum Gasteiger partial charge on any atom is 0.426 e. The predicted octanol–water partition coefficient (Wildman–Crippen LogP) is 9.99. The zero-order valence-corrected chi connectivity index (χ0v) is 20.9. The fourth-order valence-electron chi connectivity index (χ4n) is 6.32. The summed E-state index contributed by atoms with van der Waals surface area (Å²) in [5.41, 5.74) is -1.74. The molecule has 2 fully saturated rings. The van der Waals surface area contributed by atoms with Crippen molar-refractivity contribution in [3.05, 3.63) is 64.7 Å². The molecule has 2 aromatic rings. The van der Waals surface area contributed by atoms with E-state index in [2.05, 4.69) is 11.7 Å². The molecule has 2 saturated carbocycles. The van der Waals surface area contributed by atoms with Crippen molar-refractivity contribution in [3.8, 4) is 5.75 Å². The van der Waals surface area contributed by atoms with E-state index < -0.39 is 40.8 Å². The number of hydrogen-bond acceptors (Lipinski definition) is 1. The number of hydrogen-bond donors (Lipinski definition) is 0. The second-order valence-electron chi connectivity index (χ2n) is 10.7. The van der Waals surface area contributed by atoms with Gasteiger partial charge in [-0.05, 0) is 79.9 Å². The van der Waals surface area contributed by atoms with Gasteiger partial charge in [0.1, 0.15) is 22.9 Å². The van der Waals surface area contributed by atoms with Gasteiger partial charge in [-0.1, -0.05) is 44.7 Å². The van der Waals surface area contributed by atoms with E-state index in [9.17, 15) is 30.7 Å². The minimum atomic E-state index is -5.29. The molecule has 8 heteroatoms. The molecule has 0 spiro atoms. The summed E-state index contributed by atoms with van der Waals surface area (Å²) in [4.78, 5) is 0. The van der Waals surface area contributed by atoms with Crippen molar-refractivity contribution < 1.29 is 35.5 Å². The molecule has 1 nitrogen and oxygen atoms in total. The van der Waals surface area contributed by atoms with E-state index in [0.717, 1.165) is 49.0 Å². The average molecular weight is 531 g/mol. The van der Waals surface area contributed by atoms with E-state index in [1.54, 1.807) is 12.1 Å². The summed E-state index contributed by atoms with van der Waals surface area (Å²) in [7, 11) is 0. The number of halogens is 7. The predicted molar refractivity (Wildman–Crippen MR) is 127 cm³/mol. The van der Waals surface area contributed by atoms with Crippen LogP contribution in [0.1, 0.15) is 93.7 Å². The summed E-state index contributed by atoms with van der Waals surface area (Å²) in [5.74, 6) is -2.35. The fourth-order valence-corrected chi connectivity index (χ4v) is 6.32. The third kappa shape index (κ3) is 6.61. The molecule has 0 bridgehead atoms. The van der Waals surface area contributed by atoms with Crippen LogP contribution in [0.2, 0.25) is 0 Å². The third-order valence-corrected chi connectivity index (χ3v) is 8.29. The number of ether oxygens (including phenoxy) is 1. The molecule has 2 aliphatic rings. The van der Waals surface area contributed by atoms with Crippen LogP contribution in [0.3, 0.4) is 0 Å². The Morgan fingerprint density at radius 1 is 0.757 bits per heavy atom. The van der Waals surface area contributed by atoms with Gasteiger partial charge < -0.3 is 4.74 Å². The molecule has 2 aliphatic carbocycles. The summed E-state index contributed by atoms with van der Waals surface area (Å²) < 4.78 is 99.4. The van der Waals surface area contributed by atoms with Crippen molar-refractivity contribution in [3.63, 3.8) is 0 Å². The minimum Gasteiger partial charge on any atom is -0.429 e.